The summed E-state index contributed by atoms with van der Waals surface area (Å²) in [5.41, 5.74) is 5.14. The van der Waals surface area contributed by atoms with E-state index in [1.165, 1.54) is 0 Å². The summed E-state index contributed by atoms with van der Waals surface area (Å²) in [6.45, 7) is 1.01. The monoisotopic (exact) mass is 207 g/mol. The summed E-state index contributed by atoms with van der Waals surface area (Å²) in [6, 6.07) is 9.47. The van der Waals surface area contributed by atoms with Gasteiger partial charge in [-0.15, -0.1) is 0 Å². The highest BCUT2D eigenvalue weighted by molar-refractivity contribution is 5.80. The largest absolute Gasteiger partial charge is 0.493 e. The molecule has 2 rings (SSSR count). The molecular formula is C11H13NO3. The van der Waals surface area contributed by atoms with Gasteiger partial charge in [-0.05, 0) is 12.1 Å². The molecule has 1 saturated heterocycles. The van der Waals surface area contributed by atoms with Crippen molar-refractivity contribution < 1.29 is 14.3 Å². The van der Waals surface area contributed by atoms with Gasteiger partial charge in [-0.1, -0.05) is 18.2 Å². The first-order valence-electron chi connectivity index (χ1n) is 4.86. The van der Waals surface area contributed by atoms with Crippen LogP contribution >= 0.6 is 0 Å². The Morgan fingerprint density at radius 2 is 2.20 bits per heavy atom. The van der Waals surface area contributed by atoms with Crippen molar-refractivity contribution in [1.29, 1.82) is 0 Å². The zero-order chi connectivity index (χ0) is 10.7. The predicted molar refractivity (Wildman–Crippen MR) is 54.4 cm³/mol. The van der Waals surface area contributed by atoms with Gasteiger partial charge >= 0.3 is 0 Å². The number of primary amides is 1. The molecule has 4 heteroatoms. The third-order valence-electron chi connectivity index (χ3n) is 2.41. The lowest BCUT2D eigenvalue weighted by Gasteiger charge is -2.33. The molecule has 0 saturated carbocycles. The van der Waals surface area contributed by atoms with Crippen molar-refractivity contribution in [1.82, 2.24) is 0 Å². The summed E-state index contributed by atoms with van der Waals surface area (Å²) in [5, 5.41) is 0. The number of carbonyl (C=O) groups is 1. The van der Waals surface area contributed by atoms with Crippen molar-refractivity contribution >= 4 is 5.91 Å². The van der Waals surface area contributed by atoms with Gasteiger partial charge in [0, 0.05) is 0 Å². The zero-order valence-corrected chi connectivity index (χ0v) is 8.26. The van der Waals surface area contributed by atoms with Gasteiger partial charge in [-0.3, -0.25) is 4.79 Å². The van der Waals surface area contributed by atoms with E-state index < -0.39 is 12.0 Å². The molecule has 1 aromatic carbocycles. The van der Waals surface area contributed by atoms with Crippen molar-refractivity contribution in [2.75, 3.05) is 13.2 Å². The van der Waals surface area contributed by atoms with Crippen molar-refractivity contribution in [2.45, 2.75) is 6.10 Å². The number of amides is 1. The number of nitrogens with two attached hydrogens (primary N) is 1. The molecule has 1 aliphatic heterocycles. The van der Waals surface area contributed by atoms with Crippen molar-refractivity contribution in [3.63, 3.8) is 0 Å². The average molecular weight is 207 g/mol. The lowest BCUT2D eigenvalue weighted by atomic mass is 9.98. The van der Waals surface area contributed by atoms with E-state index in [0.29, 0.717) is 13.2 Å². The lowest BCUT2D eigenvalue weighted by molar-refractivity contribution is -0.161. The van der Waals surface area contributed by atoms with E-state index >= 15 is 0 Å². The summed E-state index contributed by atoms with van der Waals surface area (Å²) in [7, 11) is 0. The molecule has 2 N–H and O–H groups in total. The van der Waals surface area contributed by atoms with Gasteiger partial charge in [0.2, 0.25) is 5.91 Å². The minimum Gasteiger partial charge on any atom is -0.493 e. The van der Waals surface area contributed by atoms with E-state index in [4.69, 9.17) is 15.2 Å². The van der Waals surface area contributed by atoms with Crippen LogP contribution < -0.4 is 10.5 Å². The van der Waals surface area contributed by atoms with Crippen LogP contribution in [0.3, 0.4) is 0 Å². The Bertz CT molecular complexity index is 339. The number of hydrogen-bond acceptors (Lipinski definition) is 3. The van der Waals surface area contributed by atoms with Gasteiger partial charge in [0.25, 0.3) is 0 Å². The Labute approximate surface area is 88.0 Å². The van der Waals surface area contributed by atoms with Gasteiger partial charge in [0.05, 0.1) is 19.1 Å². The quantitative estimate of drug-likeness (QED) is 0.785. The van der Waals surface area contributed by atoms with Gasteiger partial charge in [0.1, 0.15) is 11.9 Å². The maximum Gasteiger partial charge on any atom is 0.247 e. The number of para-hydroxylation sites is 1. The van der Waals surface area contributed by atoms with E-state index in [2.05, 4.69) is 0 Å². The van der Waals surface area contributed by atoms with Crippen molar-refractivity contribution in [3.8, 4) is 5.75 Å². The van der Waals surface area contributed by atoms with Gasteiger partial charge in [0.15, 0.2) is 0 Å². The maximum absolute atomic E-state index is 10.8. The fourth-order valence-corrected chi connectivity index (χ4v) is 1.50. The zero-order valence-electron chi connectivity index (χ0n) is 8.26. The molecular weight excluding hydrogens is 194 g/mol. The molecule has 0 aromatic heterocycles. The molecule has 80 valence electrons. The topological polar surface area (TPSA) is 61.6 Å². The normalized spacial score (nSPS) is 24.3. The second-order valence-electron chi connectivity index (χ2n) is 3.54. The number of rotatable bonds is 4. The van der Waals surface area contributed by atoms with Crippen LogP contribution in [0.1, 0.15) is 0 Å². The molecule has 0 bridgehead atoms. The van der Waals surface area contributed by atoms with Crippen LogP contribution in [0.25, 0.3) is 0 Å². The van der Waals surface area contributed by atoms with Gasteiger partial charge in [-0.25, -0.2) is 0 Å². The predicted octanol–water partition coefficient (Wildman–Crippen LogP) is 0.566. The fourth-order valence-electron chi connectivity index (χ4n) is 1.50. The molecule has 0 aliphatic carbocycles. The van der Waals surface area contributed by atoms with Gasteiger partial charge < -0.3 is 15.2 Å². The van der Waals surface area contributed by atoms with E-state index in [-0.39, 0.29) is 5.92 Å². The highest BCUT2D eigenvalue weighted by Crippen LogP contribution is 2.21. The molecule has 2 atom stereocenters. The summed E-state index contributed by atoms with van der Waals surface area (Å²) in [5.74, 6) is 0.471. The summed E-state index contributed by atoms with van der Waals surface area (Å²) in [4.78, 5) is 10.8. The summed E-state index contributed by atoms with van der Waals surface area (Å²) < 4.78 is 10.5. The fraction of sp³-hybridized carbons (Fsp3) is 0.364. The van der Waals surface area contributed by atoms with E-state index in [1.54, 1.807) is 0 Å². The van der Waals surface area contributed by atoms with Crippen LogP contribution in [0.5, 0.6) is 5.75 Å². The minimum atomic E-state index is -0.478. The first kappa shape index (κ1) is 9.98. The van der Waals surface area contributed by atoms with Gasteiger partial charge in [-0.2, -0.15) is 0 Å². The Kier molecular flexibility index (Phi) is 2.87. The number of hydrogen-bond donors (Lipinski definition) is 1. The van der Waals surface area contributed by atoms with Crippen molar-refractivity contribution in [2.24, 2.45) is 11.7 Å². The van der Waals surface area contributed by atoms with Crippen molar-refractivity contribution in [3.05, 3.63) is 30.3 Å². The highest BCUT2D eigenvalue weighted by atomic mass is 16.5. The van der Waals surface area contributed by atoms with Crippen LogP contribution in [0.4, 0.5) is 0 Å². The van der Waals surface area contributed by atoms with E-state index in [9.17, 15) is 4.79 Å². The third kappa shape index (κ3) is 2.27. The minimum absolute atomic E-state index is 0.0858. The van der Waals surface area contributed by atoms with E-state index in [0.717, 1.165) is 5.75 Å². The molecule has 15 heavy (non-hydrogen) atoms. The number of ether oxygens (including phenoxy) is 2. The molecule has 0 spiro atoms. The summed E-state index contributed by atoms with van der Waals surface area (Å²) >= 11 is 0. The molecule has 1 aliphatic rings. The number of benzene rings is 1. The Hall–Kier alpha value is -1.55. The maximum atomic E-state index is 10.8. The third-order valence-corrected chi connectivity index (χ3v) is 2.41. The smallest absolute Gasteiger partial charge is 0.247 e. The van der Waals surface area contributed by atoms with Crippen LogP contribution in [0.2, 0.25) is 0 Å². The molecule has 1 fully saturated rings. The molecule has 0 radical (unpaired) electrons. The molecule has 1 aromatic rings. The van der Waals surface area contributed by atoms with Crippen LogP contribution in [-0.2, 0) is 9.53 Å². The number of carbonyl (C=O) groups excluding carboxylic acids is 1. The highest BCUT2D eigenvalue weighted by Gasteiger charge is 2.37. The standard InChI is InChI=1S/C11H13NO3/c12-11(13)10-8(7-15-10)6-14-9-4-2-1-3-5-9/h1-5,8,10H,6-7H2,(H2,12,13). The second kappa shape index (κ2) is 4.31. The molecule has 1 amide bonds. The first-order valence-corrected chi connectivity index (χ1v) is 4.86. The molecule has 2 unspecified atom stereocenters. The molecule has 1 heterocycles. The van der Waals surface area contributed by atoms with E-state index in [1.807, 2.05) is 30.3 Å². The molecule has 4 nitrogen and oxygen atoms in total. The SMILES string of the molecule is NC(=O)C1OCC1COc1ccccc1. The Morgan fingerprint density at radius 3 is 2.73 bits per heavy atom. The first-order chi connectivity index (χ1) is 7.27. The Balaban J connectivity index is 1.82. The van der Waals surface area contributed by atoms with Crippen LogP contribution in [-0.4, -0.2) is 25.2 Å². The lowest BCUT2D eigenvalue weighted by Crippen LogP contribution is -2.51. The summed E-state index contributed by atoms with van der Waals surface area (Å²) in [6.07, 6.45) is -0.478. The van der Waals surface area contributed by atoms with Crippen LogP contribution in [0.15, 0.2) is 30.3 Å². The second-order valence-corrected chi connectivity index (χ2v) is 3.54. The average Bonchev–Trinajstić information content (AvgIpc) is 2.17. The van der Waals surface area contributed by atoms with Crippen LogP contribution in [0, 0.1) is 5.92 Å². The Morgan fingerprint density at radius 1 is 1.47 bits per heavy atom.